The van der Waals surface area contributed by atoms with Gasteiger partial charge in [-0.15, -0.1) is 0 Å². The highest BCUT2D eigenvalue weighted by atomic mass is 14.9. The van der Waals surface area contributed by atoms with Crippen LogP contribution in [0.4, 0.5) is 0 Å². The molecule has 1 radical (unpaired) electrons. The van der Waals surface area contributed by atoms with Gasteiger partial charge in [0.15, 0.2) is 0 Å². The van der Waals surface area contributed by atoms with E-state index in [0.717, 1.165) is 0 Å². The third-order valence-corrected chi connectivity index (χ3v) is 2.01. The SMILES string of the molecule is CC1[N]C=Cc2ccccc21. The number of hydrogen-bond acceptors (Lipinski definition) is 0. The molecule has 1 aliphatic rings. The first-order valence-corrected chi connectivity index (χ1v) is 3.83. The first-order valence-electron chi connectivity index (χ1n) is 3.83. The second-order valence-corrected chi connectivity index (χ2v) is 2.77. The van der Waals surface area contributed by atoms with Crippen LogP contribution in [0.2, 0.25) is 0 Å². The van der Waals surface area contributed by atoms with Crippen molar-refractivity contribution in [2.24, 2.45) is 0 Å². The highest BCUT2D eigenvalue weighted by Crippen LogP contribution is 2.23. The summed E-state index contributed by atoms with van der Waals surface area (Å²) < 4.78 is 0. The van der Waals surface area contributed by atoms with Crippen molar-refractivity contribution in [1.82, 2.24) is 5.32 Å². The lowest BCUT2D eigenvalue weighted by molar-refractivity contribution is 0.666. The lowest BCUT2D eigenvalue weighted by atomic mass is 9.99. The Morgan fingerprint density at radius 2 is 2.09 bits per heavy atom. The lowest BCUT2D eigenvalue weighted by Gasteiger charge is -2.16. The van der Waals surface area contributed by atoms with E-state index in [1.165, 1.54) is 11.1 Å². The van der Waals surface area contributed by atoms with Gasteiger partial charge in [-0.25, -0.2) is 0 Å². The Bertz CT molecular complexity index is 289. The second-order valence-electron chi connectivity index (χ2n) is 2.77. The van der Waals surface area contributed by atoms with Crippen LogP contribution in [0.25, 0.3) is 6.08 Å². The fourth-order valence-electron chi connectivity index (χ4n) is 1.38. The van der Waals surface area contributed by atoms with Gasteiger partial charge in [-0.1, -0.05) is 24.3 Å². The average Bonchev–Trinajstić information content (AvgIpc) is 2.06. The normalized spacial score (nSPS) is 20.6. The smallest absolute Gasteiger partial charge is 0.0726 e. The molecule has 0 saturated carbocycles. The summed E-state index contributed by atoms with van der Waals surface area (Å²) in [5, 5.41) is 4.29. The second kappa shape index (κ2) is 2.42. The predicted octanol–water partition coefficient (Wildman–Crippen LogP) is 2.34. The molecule has 1 aliphatic heterocycles. The van der Waals surface area contributed by atoms with Gasteiger partial charge in [0, 0.05) is 6.20 Å². The van der Waals surface area contributed by atoms with E-state index in [1.54, 1.807) is 0 Å². The Morgan fingerprint density at radius 3 is 2.91 bits per heavy atom. The average molecular weight is 144 g/mol. The van der Waals surface area contributed by atoms with E-state index in [2.05, 4.69) is 42.6 Å². The lowest BCUT2D eigenvalue weighted by Crippen LogP contribution is -2.09. The van der Waals surface area contributed by atoms with Gasteiger partial charge in [-0.2, -0.15) is 0 Å². The molecule has 1 aromatic rings. The van der Waals surface area contributed by atoms with Crippen LogP contribution in [-0.2, 0) is 0 Å². The van der Waals surface area contributed by atoms with E-state index < -0.39 is 0 Å². The molecule has 2 rings (SSSR count). The number of rotatable bonds is 0. The number of hydrogen-bond donors (Lipinski definition) is 0. The minimum Gasteiger partial charge on any atom is -0.285 e. The Hall–Kier alpha value is -1.24. The van der Waals surface area contributed by atoms with Crippen LogP contribution in [0.5, 0.6) is 0 Å². The Kier molecular flexibility index (Phi) is 1.42. The van der Waals surface area contributed by atoms with Crippen LogP contribution in [0.3, 0.4) is 0 Å². The molecular formula is C10H10N. The van der Waals surface area contributed by atoms with Crippen molar-refractivity contribution in [1.29, 1.82) is 0 Å². The summed E-state index contributed by atoms with van der Waals surface area (Å²) in [7, 11) is 0. The van der Waals surface area contributed by atoms with Crippen LogP contribution < -0.4 is 5.32 Å². The van der Waals surface area contributed by atoms with Gasteiger partial charge in [-0.05, 0) is 24.1 Å². The zero-order valence-corrected chi connectivity index (χ0v) is 6.49. The molecule has 0 aliphatic carbocycles. The summed E-state index contributed by atoms with van der Waals surface area (Å²) in [6.07, 6.45) is 3.93. The summed E-state index contributed by atoms with van der Waals surface area (Å²) in [5.41, 5.74) is 2.63. The van der Waals surface area contributed by atoms with Crippen molar-refractivity contribution >= 4 is 6.08 Å². The molecular weight excluding hydrogens is 134 g/mol. The molecule has 0 fully saturated rings. The summed E-state index contributed by atoms with van der Waals surface area (Å²) in [6.45, 7) is 2.11. The first kappa shape index (κ1) is 6.47. The van der Waals surface area contributed by atoms with Crippen molar-refractivity contribution in [2.75, 3.05) is 0 Å². The fraction of sp³-hybridized carbons (Fsp3) is 0.200. The molecule has 0 bridgehead atoms. The molecule has 0 N–H and O–H groups in total. The van der Waals surface area contributed by atoms with Gasteiger partial charge < -0.3 is 0 Å². The van der Waals surface area contributed by atoms with Crippen LogP contribution >= 0.6 is 0 Å². The number of benzene rings is 1. The highest BCUT2D eigenvalue weighted by molar-refractivity contribution is 5.56. The van der Waals surface area contributed by atoms with Gasteiger partial charge in [-0.3, -0.25) is 5.32 Å². The van der Waals surface area contributed by atoms with Gasteiger partial charge in [0.2, 0.25) is 0 Å². The van der Waals surface area contributed by atoms with E-state index in [1.807, 2.05) is 6.20 Å². The maximum absolute atomic E-state index is 4.29. The molecule has 55 valence electrons. The molecule has 11 heavy (non-hydrogen) atoms. The van der Waals surface area contributed by atoms with Gasteiger partial charge in [0.05, 0.1) is 6.04 Å². The Morgan fingerprint density at radius 1 is 1.27 bits per heavy atom. The van der Waals surface area contributed by atoms with Crippen LogP contribution in [-0.4, -0.2) is 0 Å². The zero-order valence-electron chi connectivity index (χ0n) is 6.49. The van der Waals surface area contributed by atoms with Crippen LogP contribution in [0.15, 0.2) is 30.5 Å². The van der Waals surface area contributed by atoms with E-state index in [4.69, 9.17) is 0 Å². The van der Waals surface area contributed by atoms with Crippen molar-refractivity contribution in [3.8, 4) is 0 Å². The standard InChI is InChI=1S/C10H10N/c1-8-10-5-3-2-4-9(10)6-7-11-8/h2-8H,1H3. The third-order valence-electron chi connectivity index (χ3n) is 2.01. The quantitative estimate of drug-likeness (QED) is 0.530. The topological polar surface area (TPSA) is 14.1 Å². The van der Waals surface area contributed by atoms with E-state index in [9.17, 15) is 0 Å². The zero-order chi connectivity index (χ0) is 7.68. The van der Waals surface area contributed by atoms with E-state index in [-0.39, 0.29) is 0 Å². The van der Waals surface area contributed by atoms with Gasteiger partial charge in [0.1, 0.15) is 0 Å². The van der Waals surface area contributed by atoms with Crippen molar-refractivity contribution in [2.45, 2.75) is 13.0 Å². The molecule has 1 nitrogen and oxygen atoms in total. The number of nitrogens with zero attached hydrogens (tertiary/aromatic N) is 1. The molecule has 0 saturated heterocycles. The number of fused-ring (bicyclic) bond motifs is 1. The largest absolute Gasteiger partial charge is 0.285 e. The molecule has 1 aromatic carbocycles. The predicted molar refractivity (Wildman–Crippen MR) is 46.0 cm³/mol. The molecule has 1 atom stereocenters. The van der Waals surface area contributed by atoms with Crippen molar-refractivity contribution < 1.29 is 0 Å². The molecule has 0 aromatic heterocycles. The van der Waals surface area contributed by atoms with Crippen molar-refractivity contribution in [3.05, 3.63) is 41.6 Å². The molecule has 1 unspecified atom stereocenters. The van der Waals surface area contributed by atoms with E-state index in [0.29, 0.717) is 6.04 Å². The third kappa shape index (κ3) is 1.03. The summed E-state index contributed by atoms with van der Waals surface area (Å²) in [5.74, 6) is 0. The monoisotopic (exact) mass is 144 g/mol. The molecule has 1 heterocycles. The first-order chi connectivity index (χ1) is 5.38. The van der Waals surface area contributed by atoms with Crippen molar-refractivity contribution in [3.63, 3.8) is 0 Å². The van der Waals surface area contributed by atoms with Crippen LogP contribution in [0, 0.1) is 0 Å². The van der Waals surface area contributed by atoms with Gasteiger partial charge in [0.25, 0.3) is 0 Å². The van der Waals surface area contributed by atoms with E-state index >= 15 is 0 Å². The Labute approximate surface area is 66.7 Å². The minimum absolute atomic E-state index is 0.330. The maximum Gasteiger partial charge on any atom is 0.0726 e. The van der Waals surface area contributed by atoms with Gasteiger partial charge >= 0.3 is 0 Å². The molecule has 1 heteroatoms. The molecule has 0 amide bonds. The van der Waals surface area contributed by atoms with Crippen LogP contribution in [0.1, 0.15) is 24.1 Å². The fourth-order valence-corrected chi connectivity index (χ4v) is 1.38. The Balaban J connectivity index is 2.54. The minimum atomic E-state index is 0.330. The molecule has 0 spiro atoms. The summed E-state index contributed by atoms with van der Waals surface area (Å²) >= 11 is 0. The summed E-state index contributed by atoms with van der Waals surface area (Å²) in [4.78, 5) is 0. The maximum atomic E-state index is 4.29. The highest BCUT2D eigenvalue weighted by Gasteiger charge is 2.10. The summed E-state index contributed by atoms with van der Waals surface area (Å²) in [6, 6.07) is 8.70.